The van der Waals surface area contributed by atoms with Gasteiger partial charge in [-0.1, -0.05) is 50.6 Å². The van der Waals surface area contributed by atoms with Crippen molar-refractivity contribution < 1.29 is 14.3 Å². The second-order valence-corrected chi connectivity index (χ2v) is 8.13. The molecule has 1 aromatic rings. The van der Waals surface area contributed by atoms with Crippen LogP contribution in [0.2, 0.25) is 0 Å². The molecule has 0 radical (unpaired) electrons. The summed E-state index contributed by atoms with van der Waals surface area (Å²) in [5, 5.41) is 9.76. The maximum atomic E-state index is 12.2. The fourth-order valence-corrected chi connectivity index (χ4v) is 5.92. The van der Waals surface area contributed by atoms with Crippen LogP contribution in [0.15, 0.2) is 52.4 Å². The minimum absolute atomic E-state index is 0.218. The highest BCUT2D eigenvalue weighted by atomic mass is 16.6. The molecular weight excluding hydrogens is 328 g/mol. The minimum atomic E-state index is -0.552. The van der Waals surface area contributed by atoms with Gasteiger partial charge in [0.2, 0.25) is 5.76 Å². The lowest BCUT2D eigenvalue weighted by molar-refractivity contribution is -0.139. The van der Waals surface area contributed by atoms with E-state index in [0.29, 0.717) is 11.8 Å². The molecular formula is C21H26N2O3. The Kier molecular flexibility index (Phi) is 3.76. The van der Waals surface area contributed by atoms with Crippen molar-refractivity contribution in [3.05, 3.63) is 47.7 Å². The molecule has 0 N–H and O–H groups in total. The summed E-state index contributed by atoms with van der Waals surface area (Å²) in [6.45, 7) is 4.47. The van der Waals surface area contributed by atoms with Crippen LogP contribution in [0.4, 0.5) is 0 Å². The van der Waals surface area contributed by atoms with Crippen molar-refractivity contribution in [1.82, 2.24) is 0 Å². The fraction of sp³-hybridized carbons (Fsp3) is 0.571. The van der Waals surface area contributed by atoms with Gasteiger partial charge in [-0.15, -0.1) is 0 Å². The number of hydrogen-bond acceptors (Lipinski definition) is 5. The zero-order valence-electron chi connectivity index (χ0n) is 15.9. The third-order valence-corrected chi connectivity index (χ3v) is 7.12. The number of esters is 1. The minimum Gasteiger partial charge on any atom is -0.490 e. The van der Waals surface area contributed by atoms with E-state index in [1.165, 1.54) is 26.2 Å². The van der Waals surface area contributed by atoms with Crippen LogP contribution < -0.4 is 0 Å². The molecule has 2 saturated carbocycles. The average molecular weight is 354 g/mol. The predicted octanol–water partition coefficient (Wildman–Crippen LogP) is 4.25. The summed E-state index contributed by atoms with van der Waals surface area (Å²) in [6, 6.07) is 10.5. The standard InChI is InChI=1S/C21H26N2O3/c1-19(2)20(13-17(25-3)18(24)26-4)15-11-8-12-16(15)21(19,23-22-20)14-9-6-5-7-10-14/h5-7,9-10,13,15-16H,8,11-12H2,1-4H3/b17-13+/t15-,16+,20+,21+/m1/s1. The van der Waals surface area contributed by atoms with E-state index in [2.05, 4.69) is 38.1 Å². The Balaban J connectivity index is 1.92. The fourth-order valence-electron chi connectivity index (χ4n) is 5.92. The van der Waals surface area contributed by atoms with Crippen LogP contribution in [-0.2, 0) is 19.8 Å². The molecule has 5 heteroatoms. The number of hydrogen-bond donors (Lipinski definition) is 0. The van der Waals surface area contributed by atoms with E-state index in [1.54, 1.807) is 0 Å². The van der Waals surface area contributed by atoms with Crippen LogP contribution >= 0.6 is 0 Å². The number of benzene rings is 1. The Bertz CT molecular complexity index is 786. The molecule has 2 bridgehead atoms. The van der Waals surface area contributed by atoms with Crippen LogP contribution in [0.5, 0.6) is 0 Å². The molecule has 0 amide bonds. The Hall–Kier alpha value is -2.17. The van der Waals surface area contributed by atoms with Gasteiger partial charge in [0.25, 0.3) is 0 Å². The largest absolute Gasteiger partial charge is 0.490 e. The van der Waals surface area contributed by atoms with Crippen molar-refractivity contribution in [2.45, 2.75) is 44.2 Å². The monoisotopic (exact) mass is 354 g/mol. The van der Waals surface area contributed by atoms with Crippen LogP contribution in [0.1, 0.15) is 38.7 Å². The molecule has 4 rings (SSSR count). The molecule has 1 aliphatic heterocycles. The Morgan fingerprint density at radius 2 is 1.77 bits per heavy atom. The highest BCUT2D eigenvalue weighted by Gasteiger charge is 2.77. The van der Waals surface area contributed by atoms with Crippen molar-refractivity contribution in [3.8, 4) is 0 Å². The van der Waals surface area contributed by atoms with Gasteiger partial charge in [-0.25, -0.2) is 4.79 Å². The summed E-state index contributed by atoms with van der Waals surface area (Å²) in [6.07, 6.45) is 5.29. The molecule has 0 unspecified atom stereocenters. The number of carbonyl (C=O) groups is 1. The molecule has 26 heavy (non-hydrogen) atoms. The molecule has 5 nitrogen and oxygen atoms in total. The molecule has 4 atom stereocenters. The number of nitrogens with zero attached hydrogens (tertiary/aromatic N) is 2. The van der Waals surface area contributed by atoms with Gasteiger partial charge in [-0.05, 0) is 36.3 Å². The van der Waals surface area contributed by atoms with Gasteiger partial charge < -0.3 is 9.47 Å². The van der Waals surface area contributed by atoms with Gasteiger partial charge in [0.1, 0.15) is 11.1 Å². The first-order valence-corrected chi connectivity index (χ1v) is 9.29. The van der Waals surface area contributed by atoms with E-state index >= 15 is 0 Å². The summed E-state index contributed by atoms with van der Waals surface area (Å²) in [4.78, 5) is 12.2. The third kappa shape index (κ3) is 1.84. The zero-order valence-corrected chi connectivity index (χ0v) is 15.9. The van der Waals surface area contributed by atoms with Crippen LogP contribution in [-0.4, -0.2) is 25.7 Å². The third-order valence-electron chi connectivity index (χ3n) is 7.12. The van der Waals surface area contributed by atoms with Gasteiger partial charge in [-0.3, -0.25) is 0 Å². The van der Waals surface area contributed by atoms with Crippen LogP contribution in [0.3, 0.4) is 0 Å². The molecule has 0 saturated heterocycles. The maximum Gasteiger partial charge on any atom is 0.373 e. The molecule has 3 aliphatic rings. The highest BCUT2D eigenvalue weighted by Crippen LogP contribution is 2.74. The Labute approximate surface area is 154 Å². The first-order valence-electron chi connectivity index (χ1n) is 9.29. The van der Waals surface area contributed by atoms with E-state index in [9.17, 15) is 4.79 Å². The molecule has 0 aromatic heterocycles. The Morgan fingerprint density at radius 1 is 1.08 bits per heavy atom. The topological polar surface area (TPSA) is 60.2 Å². The summed E-state index contributed by atoms with van der Waals surface area (Å²) >= 11 is 0. The number of methoxy groups -OCH3 is 2. The number of ether oxygens (including phenoxy) is 2. The smallest absolute Gasteiger partial charge is 0.373 e. The van der Waals surface area contributed by atoms with Crippen LogP contribution in [0, 0.1) is 17.3 Å². The second-order valence-electron chi connectivity index (χ2n) is 8.13. The molecule has 0 spiro atoms. The van der Waals surface area contributed by atoms with Crippen molar-refractivity contribution in [2.24, 2.45) is 27.5 Å². The molecule has 2 aliphatic carbocycles. The number of fused-ring (bicyclic) bond motifs is 5. The normalized spacial score (nSPS) is 36.8. The summed E-state index contributed by atoms with van der Waals surface area (Å²) in [5.74, 6) is 0.525. The molecule has 138 valence electrons. The van der Waals surface area contributed by atoms with Crippen molar-refractivity contribution >= 4 is 5.97 Å². The SMILES string of the molecule is COC(=O)/C(=C\[C@]12N=N[C@@](c3ccccc3)([C@H]3CCC[C@H]31)C2(C)C)OC. The predicted molar refractivity (Wildman–Crippen MR) is 97.4 cm³/mol. The van der Waals surface area contributed by atoms with Gasteiger partial charge in [0, 0.05) is 5.41 Å². The zero-order chi connectivity index (χ0) is 18.6. The number of rotatable bonds is 4. The van der Waals surface area contributed by atoms with Crippen molar-refractivity contribution in [3.63, 3.8) is 0 Å². The van der Waals surface area contributed by atoms with Crippen molar-refractivity contribution in [1.29, 1.82) is 0 Å². The van der Waals surface area contributed by atoms with E-state index < -0.39 is 11.5 Å². The Morgan fingerprint density at radius 3 is 2.42 bits per heavy atom. The summed E-state index contributed by atoms with van der Waals surface area (Å²) < 4.78 is 10.3. The van der Waals surface area contributed by atoms with Crippen LogP contribution in [0.25, 0.3) is 0 Å². The quantitative estimate of drug-likeness (QED) is 0.461. The van der Waals surface area contributed by atoms with Gasteiger partial charge >= 0.3 is 5.97 Å². The second kappa shape index (κ2) is 5.66. The van der Waals surface area contributed by atoms with E-state index in [0.717, 1.165) is 12.8 Å². The van der Waals surface area contributed by atoms with Gasteiger partial charge in [0.15, 0.2) is 0 Å². The maximum absolute atomic E-state index is 12.2. The van der Waals surface area contributed by atoms with E-state index in [4.69, 9.17) is 19.7 Å². The molecule has 2 fully saturated rings. The average Bonchev–Trinajstić information content (AvgIpc) is 3.27. The highest BCUT2D eigenvalue weighted by molar-refractivity contribution is 5.86. The number of carbonyl (C=O) groups excluding carboxylic acids is 1. The van der Waals surface area contributed by atoms with E-state index in [-0.39, 0.29) is 16.7 Å². The summed E-state index contributed by atoms with van der Waals surface area (Å²) in [5.41, 5.74) is 0.0368. The lowest BCUT2D eigenvalue weighted by Crippen LogP contribution is -2.45. The molecule has 1 heterocycles. The lowest BCUT2D eigenvalue weighted by atomic mass is 9.63. The summed E-state index contributed by atoms with van der Waals surface area (Å²) in [7, 11) is 2.87. The van der Waals surface area contributed by atoms with Gasteiger partial charge in [0.05, 0.1) is 14.2 Å². The lowest BCUT2D eigenvalue weighted by Gasteiger charge is -2.40. The number of azo groups is 1. The van der Waals surface area contributed by atoms with E-state index in [1.807, 2.05) is 12.1 Å². The van der Waals surface area contributed by atoms with Crippen molar-refractivity contribution in [2.75, 3.05) is 14.2 Å². The van der Waals surface area contributed by atoms with Gasteiger partial charge in [-0.2, -0.15) is 10.2 Å². The first-order chi connectivity index (χ1) is 12.4. The first kappa shape index (κ1) is 17.3. The molecule has 1 aromatic carbocycles.